The van der Waals surface area contributed by atoms with Crippen LogP contribution >= 0.6 is 0 Å². The SMILES string of the molecule is O=C(NCCO)c1nccc2nn(Cc3ccn(-c4ccc(C(F)(F)F)cn4)n3)cc12. The first-order valence-corrected chi connectivity index (χ1v) is 9.14. The molecular weight excluding hydrogens is 415 g/mol. The summed E-state index contributed by atoms with van der Waals surface area (Å²) < 4.78 is 41.0. The number of aliphatic hydroxyl groups is 1. The number of carbonyl (C=O) groups is 1. The quantitative estimate of drug-likeness (QED) is 0.482. The number of alkyl halides is 3. The summed E-state index contributed by atoms with van der Waals surface area (Å²) in [6.45, 7) is 0.192. The van der Waals surface area contributed by atoms with Gasteiger partial charge in [-0.15, -0.1) is 0 Å². The van der Waals surface area contributed by atoms with Crippen LogP contribution in [-0.2, 0) is 12.7 Å². The number of nitrogens with zero attached hydrogens (tertiary/aromatic N) is 6. The summed E-state index contributed by atoms with van der Waals surface area (Å²) in [5, 5.41) is 20.7. The van der Waals surface area contributed by atoms with Crippen LogP contribution in [0.2, 0.25) is 0 Å². The second-order valence-electron chi connectivity index (χ2n) is 6.55. The van der Waals surface area contributed by atoms with Crippen molar-refractivity contribution >= 4 is 16.8 Å². The van der Waals surface area contributed by atoms with Crippen LogP contribution in [-0.4, -0.2) is 53.7 Å². The monoisotopic (exact) mass is 431 g/mol. The van der Waals surface area contributed by atoms with Gasteiger partial charge in [0.05, 0.1) is 35.3 Å². The van der Waals surface area contributed by atoms with E-state index in [1.54, 1.807) is 29.2 Å². The van der Waals surface area contributed by atoms with Crippen LogP contribution in [0.3, 0.4) is 0 Å². The fourth-order valence-electron chi connectivity index (χ4n) is 2.94. The Labute approximate surface area is 173 Å². The van der Waals surface area contributed by atoms with Gasteiger partial charge in [0.15, 0.2) is 5.82 Å². The molecule has 4 aromatic rings. The van der Waals surface area contributed by atoms with Crippen molar-refractivity contribution in [3.8, 4) is 5.82 Å². The van der Waals surface area contributed by atoms with Crippen molar-refractivity contribution in [2.45, 2.75) is 12.7 Å². The maximum Gasteiger partial charge on any atom is 0.417 e. The Morgan fingerprint density at radius 2 is 1.97 bits per heavy atom. The van der Waals surface area contributed by atoms with Crippen LogP contribution in [0.1, 0.15) is 21.7 Å². The van der Waals surface area contributed by atoms with E-state index in [9.17, 15) is 18.0 Å². The number of rotatable bonds is 6. The minimum atomic E-state index is -4.45. The smallest absolute Gasteiger partial charge is 0.395 e. The maximum absolute atomic E-state index is 12.7. The standard InChI is InChI=1S/C19H16F3N7O2/c20-19(21,22)12-1-2-16(25-9-12)29-7-4-13(26-29)10-28-11-14-15(27-28)3-5-23-17(14)18(31)24-6-8-30/h1-5,7,9,11,30H,6,8,10H2,(H,24,31). The van der Waals surface area contributed by atoms with Gasteiger partial charge < -0.3 is 10.4 Å². The van der Waals surface area contributed by atoms with E-state index >= 15 is 0 Å². The van der Waals surface area contributed by atoms with Gasteiger partial charge >= 0.3 is 6.18 Å². The molecule has 1 amide bonds. The lowest BCUT2D eigenvalue weighted by Crippen LogP contribution is -2.27. The Balaban J connectivity index is 1.54. The third-order valence-corrected chi connectivity index (χ3v) is 4.37. The minimum absolute atomic E-state index is 0.112. The average Bonchev–Trinajstić information content (AvgIpc) is 3.38. The number of hydrogen-bond donors (Lipinski definition) is 2. The summed E-state index contributed by atoms with van der Waals surface area (Å²) >= 11 is 0. The number of nitrogens with one attached hydrogen (secondary N) is 1. The predicted molar refractivity (Wildman–Crippen MR) is 102 cm³/mol. The third-order valence-electron chi connectivity index (χ3n) is 4.37. The van der Waals surface area contributed by atoms with Gasteiger partial charge in [0.25, 0.3) is 5.91 Å². The summed E-state index contributed by atoms with van der Waals surface area (Å²) in [4.78, 5) is 20.1. The number of halogens is 3. The number of amides is 1. The first kappa shape index (κ1) is 20.5. The molecule has 0 bridgehead atoms. The number of carbonyl (C=O) groups excluding carboxylic acids is 1. The third kappa shape index (κ3) is 4.38. The lowest BCUT2D eigenvalue weighted by Gasteiger charge is -2.06. The van der Waals surface area contributed by atoms with E-state index in [0.29, 0.717) is 16.6 Å². The average molecular weight is 431 g/mol. The van der Waals surface area contributed by atoms with Crippen molar-refractivity contribution < 1.29 is 23.1 Å². The Kier molecular flexibility index (Phi) is 5.38. The highest BCUT2D eigenvalue weighted by Gasteiger charge is 2.30. The lowest BCUT2D eigenvalue weighted by atomic mass is 10.2. The van der Waals surface area contributed by atoms with Gasteiger partial charge in [0.2, 0.25) is 0 Å². The van der Waals surface area contributed by atoms with Crippen molar-refractivity contribution in [2.24, 2.45) is 0 Å². The van der Waals surface area contributed by atoms with Gasteiger partial charge in [0, 0.05) is 31.3 Å². The molecule has 0 radical (unpaired) electrons. The van der Waals surface area contributed by atoms with Crippen LogP contribution in [0.4, 0.5) is 13.2 Å². The van der Waals surface area contributed by atoms with Crippen molar-refractivity contribution in [1.82, 2.24) is 34.8 Å². The molecule has 0 aliphatic heterocycles. The van der Waals surface area contributed by atoms with E-state index in [2.05, 4.69) is 25.5 Å². The fourth-order valence-corrected chi connectivity index (χ4v) is 2.94. The zero-order chi connectivity index (χ0) is 22.0. The summed E-state index contributed by atoms with van der Waals surface area (Å²) in [6.07, 6.45) is 1.02. The highest BCUT2D eigenvalue weighted by Crippen LogP contribution is 2.28. The van der Waals surface area contributed by atoms with E-state index in [0.717, 1.165) is 12.3 Å². The Bertz CT molecular complexity index is 1220. The molecule has 4 heterocycles. The molecule has 0 unspecified atom stereocenters. The molecule has 0 aliphatic carbocycles. The largest absolute Gasteiger partial charge is 0.417 e. The molecule has 0 fully saturated rings. The molecule has 0 saturated heterocycles. The van der Waals surface area contributed by atoms with E-state index < -0.39 is 17.6 Å². The molecule has 12 heteroatoms. The van der Waals surface area contributed by atoms with Gasteiger partial charge in [0.1, 0.15) is 5.69 Å². The number of hydrogen-bond acceptors (Lipinski definition) is 6. The van der Waals surface area contributed by atoms with Gasteiger partial charge in [-0.2, -0.15) is 23.4 Å². The second-order valence-corrected chi connectivity index (χ2v) is 6.55. The van der Waals surface area contributed by atoms with E-state index in [-0.39, 0.29) is 31.2 Å². The summed E-state index contributed by atoms with van der Waals surface area (Å²) in [5.74, 6) is -0.172. The van der Waals surface area contributed by atoms with Gasteiger partial charge in [-0.3, -0.25) is 14.5 Å². The topological polar surface area (TPSA) is 111 Å². The van der Waals surface area contributed by atoms with Gasteiger partial charge in [-0.1, -0.05) is 0 Å². The molecule has 31 heavy (non-hydrogen) atoms. The number of aromatic nitrogens is 6. The van der Waals surface area contributed by atoms with Gasteiger partial charge in [-0.05, 0) is 24.3 Å². The van der Waals surface area contributed by atoms with Crippen LogP contribution in [0.5, 0.6) is 0 Å². The summed E-state index contributed by atoms with van der Waals surface area (Å²) in [6, 6.07) is 5.54. The van der Waals surface area contributed by atoms with Crippen LogP contribution < -0.4 is 5.32 Å². The molecule has 0 atom stereocenters. The van der Waals surface area contributed by atoms with Crippen molar-refractivity contribution in [2.75, 3.05) is 13.2 Å². The van der Waals surface area contributed by atoms with Crippen molar-refractivity contribution in [3.05, 3.63) is 66.0 Å². The number of fused-ring (bicyclic) bond motifs is 1. The second kappa shape index (κ2) is 8.14. The molecule has 0 saturated carbocycles. The molecule has 4 rings (SSSR count). The summed E-state index contributed by atoms with van der Waals surface area (Å²) in [5.41, 5.74) is 0.512. The van der Waals surface area contributed by atoms with Crippen LogP contribution in [0.25, 0.3) is 16.7 Å². The van der Waals surface area contributed by atoms with E-state index in [4.69, 9.17) is 5.11 Å². The zero-order valence-electron chi connectivity index (χ0n) is 15.9. The maximum atomic E-state index is 12.7. The van der Waals surface area contributed by atoms with Crippen molar-refractivity contribution in [1.29, 1.82) is 0 Å². The van der Waals surface area contributed by atoms with Crippen molar-refractivity contribution in [3.63, 3.8) is 0 Å². The first-order chi connectivity index (χ1) is 14.8. The molecule has 160 valence electrons. The molecule has 0 aliphatic rings. The Hall–Kier alpha value is -3.80. The summed E-state index contributed by atoms with van der Waals surface area (Å²) in [7, 11) is 0. The highest BCUT2D eigenvalue weighted by atomic mass is 19.4. The highest BCUT2D eigenvalue weighted by molar-refractivity contribution is 6.04. The van der Waals surface area contributed by atoms with E-state index in [1.807, 2.05) is 0 Å². The Morgan fingerprint density at radius 3 is 2.68 bits per heavy atom. The van der Waals surface area contributed by atoms with Crippen LogP contribution in [0.15, 0.2) is 49.1 Å². The minimum Gasteiger partial charge on any atom is -0.395 e. The van der Waals surface area contributed by atoms with Gasteiger partial charge in [-0.25, -0.2) is 9.67 Å². The fraction of sp³-hybridized carbons (Fsp3) is 0.211. The normalized spacial score (nSPS) is 11.7. The van der Waals surface area contributed by atoms with E-state index in [1.165, 1.54) is 16.9 Å². The molecule has 4 aromatic heterocycles. The lowest BCUT2D eigenvalue weighted by molar-refractivity contribution is -0.137. The predicted octanol–water partition coefficient (Wildman–Crippen LogP) is 1.80. The molecular formula is C19H16F3N7O2. The molecule has 2 N–H and O–H groups in total. The number of pyridine rings is 2. The molecule has 9 nitrogen and oxygen atoms in total. The Morgan fingerprint density at radius 1 is 1.13 bits per heavy atom. The van der Waals surface area contributed by atoms with Crippen LogP contribution in [0, 0.1) is 0 Å². The molecule has 0 aromatic carbocycles. The first-order valence-electron chi connectivity index (χ1n) is 9.14. The zero-order valence-corrected chi connectivity index (χ0v) is 15.9. The number of aliphatic hydroxyl groups excluding tert-OH is 1. The molecule has 0 spiro atoms.